The first-order valence-corrected chi connectivity index (χ1v) is 7.24. The Hall–Kier alpha value is -0.570. The van der Waals surface area contributed by atoms with Gasteiger partial charge in [-0.1, -0.05) is 19.8 Å². The summed E-state index contributed by atoms with van der Waals surface area (Å²) in [6.45, 7) is 3.53. The molecular weight excluding hydrogens is 212 g/mol. The molecule has 3 heteroatoms. The molecule has 0 bridgehead atoms. The summed E-state index contributed by atoms with van der Waals surface area (Å²) in [5.41, 5.74) is 5.64. The minimum Gasteiger partial charge on any atom is -0.338 e. The molecule has 0 aromatic rings. The highest BCUT2D eigenvalue weighted by atomic mass is 16.2. The maximum Gasteiger partial charge on any atom is 0.229 e. The molecule has 0 heterocycles. The van der Waals surface area contributed by atoms with Gasteiger partial charge in [0.25, 0.3) is 0 Å². The van der Waals surface area contributed by atoms with Crippen LogP contribution in [0.25, 0.3) is 0 Å². The van der Waals surface area contributed by atoms with Crippen molar-refractivity contribution >= 4 is 5.91 Å². The Kier molecular flexibility index (Phi) is 4.08. The molecule has 0 spiro atoms. The van der Waals surface area contributed by atoms with Crippen LogP contribution in [0.1, 0.15) is 58.3 Å². The molecule has 2 aliphatic carbocycles. The number of hydrogen-bond donors (Lipinski definition) is 1. The van der Waals surface area contributed by atoms with Crippen LogP contribution in [0.4, 0.5) is 0 Å². The van der Waals surface area contributed by atoms with Crippen LogP contribution >= 0.6 is 0 Å². The third-order valence-electron chi connectivity index (χ3n) is 4.84. The zero-order valence-corrected chi connectivity index (χ0v) is 11.1. The maximum atomic E-state index is 12.8. The van der Waals surface area contributed by atoms with Gasteiger partial charge >= 0.3 is 0 Å². The maximum absolute atomic E-state index is 12.8. The van der Waals surface area contributed by atoms with Gasteiger partial charge in [-0.3, -0.25) is 4.79 Å². The van der Waals surface area contributed by atoms with E-state index in [1.54, 1.807) is 0 Å². The summed E-state index contributed by atoms with van der Waals surface area (Å²) in [5.74, 6) is 0.410. The second kappa shape index (κ2) is 5.38. The quantitative estimate of drug-likeness (QED) is 0.799. The van der Waals surface area contributed by atoms with Crippen LogP contribution in [0.2, 0.25) is 0 Å². The van der Waals surface area contributed by atoms with E-state index in [9.17, 15) is 4.79 Å². The molecule has 2 rings (SSSR count). The molecular formula is C14H26N2O. The van der Waals surface area contributed by atoms with E-state index in [-0.39, 0.29) is 5.41 Å². The molecule has 2 saturated carbocycles. The van der Waals surface area contributed by atoms with Crippen LogP contribution in [-0.2, 0) is 4.79 Å². The van der Waals surface area contributed by atoms with Crippen LogP contribution in [0.3, 0.4) is 0 Å². The fraction of sp³-hybridized carbons (Fsp3) is 0.929. The Morgan fingerprint density at radius 2 is 1.94 bits per heavy atom. The summed E-state index contributed by atoms with van der Waals surface area (Å²) < 4.78 is 0. The van der Waals surface area contributed by atoms with Crippen LogP contribution in [-0.4, -0.2) is 29.9 Å². The summed E-state index contributed by atoms with van der Waals surface area (Å²) in [5, 5.41) is 0. The van der Waals surface area contributed by atoms with E-state index in [0.29, 0.717) is 18.5 Å². The molecule has 98 valence electrons. The molecule has 3 nitrogen and oxygen atoms in total. The molecule has 17 heavy (non-hydrogen) atoms. The number of carbonyl (C=O) groups is 1. The largest absolute Gasteiger partial charge is 0.338 e. The Bertz CT molecular complexity index is 267. The van der Waals surface area contributed by atoms with Crippen molar-refractivity contribution < 1.29 is 4.79 Å². The second-order valence-electron chi connectivity index (χ2n) is 5.71. The fourth-order valence-electron chi connectivity index (χ4n) is 3.36. The number of amides is 1. The Balaban J connectivity index is 2.08. The molecule has 0 aromatic heterocycles. The van der Waals surface area contributed by atoms with Gasteiger partial charge in [0.1, 0.15) is 0 Å². The average molecular weight is 238 g/mol. The van der Waals surface area contributed by atoms with E-state index in [1.807, 2.05) is 0 Å². The Morgan fingerprint density at radius 3 is 2.35 bits per heavy atom. The van der Waals surface area contributed by atoms with E-state index in [0.717, 1.165) is 25.8 Å². The zero-order chi connectivity index (χ0) is 12.3. The predicted molar refractivity (Wildman–Crippen MR) is 69.6 cm³/mol. The lowest BCUT2D eigenvalue weighted by atomic mass is 9.80. The molecule has 0 unspecified atom stereocenters. The lowest BCUT2D eigenvalue weighted by Gasteiger charge is -2.42. The van der Waals surface area contributed by atoms with Gasteiger partial charge < -0.3 is 10.6 Å². The minimum absolute atomic E-state index is 0.0369. The molecule has 0 radical (unpaired) electrons. The fourth-order valence-corrected chi connectivity index (χ4v) is 3.36. The lowest BCUT2D eigenvalue weighted by Crippen LogP contribution is -2.51. The number of carbonyl (C=O) groups excluding carboxylic acids is 1. The monoisotopic (exact) mass is 238 g/mol. The molecule has 2 aliphatic rings. The molecule has 1 amide bonds. The highest BCUT2D eigenvalue weighted by molar-refractivity contribution is 5.83. The number of hydrogen-bond acceptors (Lipinski definition) is 2. The summed E-state index contributed by atoms with van der Waals surface area (Å²) in [6, 6.07) is 0.495. The highest BCUT2D eigenvalue weighted by Crippen LogP contribution is 2.43. The van der Waals surface area contributed by atoms with Crippen molar-refractivity contribution in [2.24, 2.45) is 11.1 Å². The normalized spacial score (nSPS) is 23.4. The highest BCUT2D eigenvalue weighted by Gasteiger charge is 2.43. The number of nitrogens with two attached hydrogens (primary N) is 1. The van der Waals surface area contributed by atoms with Crippen molar-refractivity contribution in [3.05, 3.63) is 0 Å². The zero-order valence-electron chi connectivity index (χ0n) is 11.1. The van der Waals surface area contributed by atoms with Crippen LogP contribution < -0.4 is 5.73 Å². The van der Waals surface area contributed by atoms with Crippen molar-refractivity contribution in [3.8, 4) is 0 Å². The van der Waals surface area contributed by atoms with Gasteiger partial charge in [0, 0.05) is 24.5 Å². The van der Waals surface area contributed by atoms with Gasteiger partial charge in [-0.05, 0) is 38.5 Å². The van der Waals surface area contributed by atoms with E-state index in [2.05, 4.69) is 11.8 Å². The summed E-state index contributed by atoms with van der Waals surface area (Å²) in [4.78, 5) is 14.9. The minimum atomic E-state index is -0.0369. The van der Waals surface area contributed by atoms with Crippen LogP contribution in [0, 0.1) is 5.41 Å². The first-order valence-electron chi connectivity index (χ1n) is 7.24. The molecule has 2 fully saturated rings. The Morgan fingerprint density at radius 1 is 1.29 bits per heavy atom. The van der Waals surface area contributed by atoms with E-state index in [1.165, 1.54) is 32.1 Å². The SMILES string of the molecule is CCC1(C(=O)N(CCN)C2CCC2)CCCC1. The van der Waals surface area contributed by atoms with Gasteiger partial charge in [-0.25, -0.2) is 0 Å². The first-order chi connectivity index (χ1) is 8.23. The second-order valence-corrected chi connectivity index (χ2v) is 5.71. The Labute approximate surface area is 105 Å². The third kappa shape index (κ3) is 2.35. The topological polar surface area (TPSA) is 46.3 Å². The van der Waals surface area contributed by atoms with Crippen molar-refractivity contribution in [1.82, 2.24) is 4.90 Å². The van der Waals surface area contributed by atoms with Crippen molar-refractivity contribution in [2.45, 2.75) is 64.3 Å². The smallest absolute Gasteiger partial charge is 0.229 e. The summed E-state index contributed by atoms with van der Waals surface area (Å²) >= 11 is 0. The molecule has 0 atom stereocenters. The van der Waals surface area contributed by atoms with Gasteiger partial charge in [-0.2, -0.15) is 0 Å². The van der Waals surface area contributed by atoms with Crippen molar-refractivity contribution in [3.63, 3.8) is 0 Å². The van der Waals surface area contributed by atoms with E-state index < -0.39 is 0 Å². The van der Waals surface area contributed by atoms with Gasteiger partial charge in [-0.15, -0.1) is 0 Å². The molecule has 2 N–H and O–H groups in total. The molecule has 0 saturated heterocycles. The standard InChI is InChI=1S/C14H26N2O/c1-2-14(8-3-4-9-14)13(17)16(11-10-15)12-6-5-7-12/h12H,2-11,15H2,1H3. The number of rotatable bonds is 5. The first kappa shape index (κ1) is 12.9. The van der Waals surface area contributed by atoms with Crippen LogP contribution in [0.5, 0.6) is 0 Å². The van der Waals surface area contributed by atoms with Gasteiger partial charge in [0.05, 0.1) is 0 Å². The lowest BCUT2D eigenvalue weighted by molar-refractivity contribution is -0.146. The molecule has 0 aromatic carbocycles. The van der Waals surface area contributed by atoms with Gasteiger partial charge in [0.15, 0.2) is 0 Å². The van der Waals surface area contributed by atoms with Gasteiger partial charge in [0.2, 0.25) is 5.91 Å². The molecule has 0 aliphatic heterocycles. The summed E-state index contributed by atoms with van der Waals surface area (Å²) in [7, 11) is 0. The summed E-state index contributed by atoms with van der Waals surface area (Å²) in [6.07, 6.45) is 9.28. The van der Waals surface area contributed by atoms with E-state index >= 15 is 0 Å². The van der Waals surface area contributed by atoms with Crippen molar-refractivity contribution in [1.29, 1.82) is 0 Å². The number of nitrogens with zero attached hydrogens (tertiary/aromatic N) is 1. The van der Waals surface area contributed by atoms with E-state index in [4.69, 9.17) is 5.73 Å². The average Bonchev–Trinajstić information content (AvgIpc) is 2.75. The third-order valence-corrected chi connectivity index (χ3v) is 4.84. The van der Waals surface area contributed by atoms with Crippen molar-refractivity contribution in [2.75, 3.05) is 13.1 Å². The predicted octanol–water partition coefficient (Wildman–Crippen LogP) is 2.30. The van der Waals surface area contributed by atoms with Crippen LogP contribution in [0.15, 0.2) is 0 Å².